The third-order valence-electron chi connectivity index (χ3n) is 8.40. The molecular weight excluding hydrogens is 499 g/mol. The van der Waals surface area contributed by atoms with E-state index in [1.54, 1.807) is 31.0 Å². The number of carbonyl (C=O) groups is 3. The number of nitrogens with one attached hydrogen (secondary N) is 2. The zero-order chi connectivity index (χ0) is 27.9. The summed E-state index contributed by atoms with van der Waals surface area (Å²) in [6.45, 7) is 4.16. The molecule has 2 unspecified atom stereocenters. The number of carbonyl (C=O) groups excluding carboxylic acids is 2. The zero-order valence-electron chi connectivity index (χ0n) is 22.3. The lowest BCUT2D eigenvalue weighted by atomic mass is 9.73. The highest BCUT2D eigenvalue weighted by molar-refractivity contribution is 5.92. The highest BCUT2D eigenvalue weighted by Gasteiger charge is 2.46. The molecule has 1 aliphatic carbocycles. The van der Waals surface area contributed by atoms with Gasteiger partial charge in [0.15, 0.2) is 0 Å². The van der Waals surface area contributed by atoms with E-state index in [4.69, 9.17) is 5.73 Å². The lowest BCUT2D eigenvalue weighted by Gasteiger charge is -2.41. The van der Waals surface area contributed by atoms with Crippen LogP contribution in [0.25, 0.3) is 10.9 Å². The monoisotopic (exact) mass is 534 g/mol. The van der Waals surface area contributed by atoms with Gasteiger partial charge < -0.3 is 26.0 Å². The molecule has 2 atom stereocenters. The van der Waals surface area contributed by atoms with Crippen LogP contribution in [0.1, 0.15) is 62.1 Å². The van der Waals surface area contributed by atoms with Gasteiger partial charge in [0.2, 0.25) is 11.8 Å². The molecule has 2 heterocycles. The Morgan fingerprint density at radius 3 is 2.62 bits per heavy atom. The van der Waals surface area contributed by atoms with E-state index in [1.807, 2.05) is 18.2 Å². The number of H-pyrrole nitrogens is 1. The van der Waals surface area contributed by atoms with Gasteiger partial charge in [-0.05, 0) is 79.3 Å². The molecule has 2 aliphatic rings. The number of carboxylic acids is 1. The number of aliphatic carboxylic acids is 1. The highest BCUT2D eigenvalue weighted by Crippen LogP contribution is 2.52. The first-order valence-electron chi connectivity index (χ1n) is 13.4. The summed E-state index contributed by atoms with van der Waals surface area (Å²) in [5.41, 5.74) is 8.45. The molecule has 9 heteroatoms. The molecule has 1 fully saturated rings. The fourth-order valence-electron chi connectivity index (χ4n) is 6.35. The number of likely N-dealkylation sites (tertiary alicyclic amines) is 1. The lowest BCUT2D eigenvalue weighted by Crippen LogP contribution is -2.58. The van der Waals surface area contributed by atoms with Crippen molar-refractivity contribution in [3.8, 4) is 0 Å². The molecule has 39 heavy (non-hydrogen) atoms. The van der Waals surface area contributed by atoms with E-state index in [-0.39, 0.29) is 35.9 Å². The highest BCUT2D eigenvalue weighted by atomic mass is 19.1. The third-order valence-corrected chi connectivity index (χ3v) is 8.40. The lowest BCUT2D eigenvalue weighted by molar-refractivity contribution is -0.138. The molecule has 1 saturated heterocycles. The molecule has 5 N–H and O–H groups in total. The first-order valence-corrected chi connectivity index (χ1v) is 13.4. The minimum Gasteiger partial charge on any atom is -0.481 e. The van der Waals surface area contributed by atoms with Gasteiger partial charge in [0.1, 0.15) is 11.9 Å². The van der Waals surface area contributed by atoms with E-state index in [9.17, 15) is 23.9 Å². The van der Waals surface area contributed by atoms with Crippen molar-refractivity contribution in [2.45, 2.75) is 68.9 Å². The van der Waals surface area contributed by atoms with Gasteiger partial charge in [0.25, 0.3) is 0 Å². The molecule has 2 aromatic carbocycles. The number of hydrogen-bond acceptors (Lipinski definition) is 4. The van der Waals surface area contributed by atoms with Gasteiger partial charge in [-0.3, -0.25) is 14.4 Å². The van der Waals surface area contributed by atoms with Gasteiger partial charge in [0, 0.05) is 36.6 Å². The van der Waals surface area contributed by atoms with Gasteiger partial charge in [-0.1, -0.05) is 24.3 Å². The Kier molecular flexibility index (Phi) is 6.97. The van der Waals surface area contributed by atoms with Crippen LogP contribution in [-0.2, 0) is 26.2 Å². The van der Waals surface area contributed by atoms with E-state index in [0.29, 0.717) is 31.3 Å². The average molecular weight is 535 g/mol. The fraction of sp³-hybridized carbons (Fsp3) is 0.433. The Hall–Kier alpha value is -3.72. The number of aromatic nitrogens is 1. The van der Waals surface area contributed by atoms with Gasteiger partial charge >= 0.3 is 5.97 Å². The molecule has 1 aromatic heterocycles. The van der Waals surface area contributed by atoms with Crippen molar-refractivity contribution in [3.05, 3.63) is 71.2 Å². The Balaban J connectivity index is 1.36. The second-order valence-corrected chi connectivity index (χ2v) is 11.6. The van der Waals surface area contributed by atoms with Crippen LogP contribution in [0.3, 0.4) is 0 Å². The number of halogens is 1. The van der Waals surface area contributed by atoms with Crippen LogP contribution in [0, 0.1) is 5.82 Å². The standard InChI is InChI=1S/C30H35FN4O4/c1-29(2,32)28(39)34-25(13-19-17-33-24-8-7-20(31)15-22(19)24)27(38)35-11-9-30(10-12-35)16-18(14-26(36)37)21-5-3-4-6-23(21)30/h3-8,15,17-18,25,33H,9-14,16,32H2,1-2H3,(H,34,39)(H,36,37). The summed E-state index contributed by atoms with van der Waals surface area (Å²) < 4.78 is 14.0. The van der Waals surface area contributed by atoms with Crippen molar-refractivity contribution in [3.63, 3.8) is 0 Å². The molecule has 0 bridgehead atoms. The van der Waals surface area contributed by atoms with Crippen LogP contribution in [0.5, 0.6) is 0 Å². The van der Waals surface area contributed by atoms with Crippen molar-refractivity contribution >= 4 is 28.7 Å². The predicted octanol–water partition coefficient (Wildman–Crippen LogP) is 3.59. The Bertz CT molecular complexity index is 1420. The van der Waals surface area contributed by atoms with Crippen molar-refractivity contribution in [1.82, 2.24) is 15.2 Å². The zero-order valence-corrected chi connectivity index (χ0v) is 22.3. The van der Waals surface area contributed by atoms with Crippen LogP contribution in [0.4, 0.5) is 4.39 Å². The Morgan fingerprint density at radius 2 is 1.92 bits per heavy atom. The maximum Gasteiger partial charge on any atom is 0.303 e. The number of nitrogens with zero attached hydrogens (tertiary/aromatic N) is 1. The smallest absolute Gasteiger partial charge is 0.303 e. The number of fused-ring (bicyclic) bond motifs is 3. The van der Waals surface area contributed by atoms with Crippen LogP contribution in [0.15, 0.2) is 48.7 Å². The molecule has 206 valence electrons. The number of piperidine rings is 1. The minimum absolute atomic E-state index is 0.0398. The number of nitrogens with two attached hydrogens (primary N) is 1. The van der Waals surface area contributed by atoms with Crippen LogP contribution < -0.4 is 11.1 Å². The van der Waals surface area contributed by atoms with Gasteiger partial charge in [0.05, 0.1) is 12.0 Å². The van der Waals surface area contributed by atoms with Crippen molar-refractivity contribution in [2.75, 3.05) is 13.1 Å². The minimum atomic E-state index is -1.18. The molecular formula is C30H35FN4O4. The van der Waals surface area contributed by atoms with Gasteiger partial charge in [-0.2, -0.15) is 0 Å². The second-order valence-electron chi connectivity index (χ2n) is 11.6. The summed E-state index contributed by atoms with van der Waals surface area (Å²) in [6, 6.07) is 11.6. The summed E-state index contributed by atoms with van der Waals surface area (Å²) in [7, 11) is 0. The molecule has 1 aliphatic heterocycles. The Morgan fingerprint density at radius 1 is 1.21 bits per heavy atom. The number of carboxylic acid groups (broad SMARTS) is 1. The molecule has 8 nitrogen and oxygen atoms in total. The number of amides is 2. The largest absolute Gasteiger partial charge is 0.481 e. The van der Waals surface area contributed by atoms with Crippen molar-refractivity contribution in [2.24, 2.45) is 5.73 Å². The normalized spacial score (nSPS) is 19.2. The molecule has 3 aromatic rings. The summed E-state index contributed by atoms with van der Waals surface area (Å²) in [6.07, 6.45) is 4.21. The van der Waals surface area contributed by atoms with E-state index in [1.165, 1.54) is 17.7 Å². The molecule has 1 spiro atoms. The number of rotatable bonds is 7. The molecule has 2 amide bonds. The van der Waals surface area contributed by atoms with Crippen LogP contribution in [-0.4, -0.2) is 57.4 Å². The SMILES string of the molecule is CC(C)(N)C(=O)NC(Cc1c[nH]c2ccc(F)cc12)C(=O)N1CCC2(CC1)CC(CC(=O)O)c1ccccc12. The third kappa shape index (κ3) is 5.28. The maximum absolute atomic E-state index is 14.0. The number of hydrogen-bond donors (Lipinski definition) is 4. The fourth-order valence-corrected chi connectivity index (χ4v) is 6.35. The maximum atomic E-state index is 14.0. The van der Waals surface area contributed by atoms with Crippen molar-refractivity contribution in [1.29, 1.82) is 0 Å². The molecule has 0 radical (unpaired) electrons. The van der Waals surface area contributed by atoms with Crippen LogP contribution >= 0.6 is 0 Å². The second kappa shape index (κ2) is 10.1. The number of benzene rings is 2. The number of aromatic amines is 1. The molecule has 0 saturated carbocycles. The predicted molar refractivity (Wildman–Crippen MR) is 146 cm³/mol. The van der Waals surface area contributed by atoms with Gasteiger partial charge in [-0.15, -0.1) is 0 Å². The summed E-state index contributed by atoms with van der Waals surface area (Å²) in [5.74, 6) is -1.87. The van der Waals surface area contributed by atoms with Gasteiger partial charge in [-0.25, -0.2) is 4.39 Å². The van der Waals surface area contributed by atoms with Crippen molar-refractivity contribution < 1.29 is 23.9 Å². The van der Waals surface area contributed by atoms with E-state index >= 15 is 0 Å². The van der Waals surface area contributed by atoms with E-state index < -0.39 is 23.5 Å². The summed E-state index contributed by atoms with van der Waals surface area (Å²) >= 11 is 0. The quantitative estimate of drug-likeness (QED) is 0.368. The van der Waals surface area contributed by atoms with E-state index in [2.05, 4.69) is 16.4 Å². The topological polar surface area (TPSA) is 129 Å². The Labute approximate surface area is 226 Å². The molecule has 5 rings (SSSR count). The van der Waals surface area contributed by atoms with E-state index in [0.717, 1.165) is 23.1 Å². The first-order chi connectivity index (χ1) is 18.5. The summed E-state index contributed by atoms with van der Waals surface area (Å²) in [5, 5.41) is 13.0. The van der Waals surface area contributed by atoms with Crippen LogP contribution in [0.2, 0.25) is 0 Å². The average Bonchev–Trinajstić information content (AvgIpc) is 3.41. The first kappa shape index (κ1) is 26.9. The summed E-state index contributed by atoms with van der Waals surface area (Å²) in [4.78, 5) is 43.1.